The first kappa shape index (κ1) is 22.3. The topological polar surface area (TPSA) is 126 Å². The predicted octanol–water partition coefficient (Wildman–Crippen LogP) is 2.94. The zero-order valence-electron chi connectivity index (χ0n) is 16.6. The summed E-state index contributed by atoms with van der Waals surface area (Å²) in [7, 11) is -2.25. The summed E-state index contributed by atoms with van der Waals surface area (Å²) in [5.74, 6) is -0.380. The number of alkyl halides is 3. The van der Waals surface area contributed by atoms with Gasteiger partial charge in [-0.15, -0.1) is 0 Å². The molecule has 0 spiro atoms. The average molecular weight is 457 g/mol. The van der Waals surface area contributed by atoms with Crippen molar-refractivity contribution in [2.24, 2.45) is 0 Å². The fraction of sp³-hybridized carbons (Fsp3) is 0.294. The molecule has 3 heterocycles. The third kappa shape index (κ3) is 5.81. The van der Waals surface area contributed by atoms with Gasteiger partial charge in [0.15, 0.2) is 0 Å². The maximum Gasteiger partial charge on any atom is 0.421 e. The molecule has 0 bridgehead atoms. The van der Waals surface area contributed by atoms with E-state index in [-0.39, 0.29) is 24.2 Å². The molecule has 14 heteroatoms. The van der Waals surface area contributed by atoms with Gasteiger partial charge in [-0.3, -0.25) is 10.0 Å². The Kier molecular flexibility index (Phi) is 6.01. The molecule has 0 fully saturated rings. The summed E-state index contributed by atoms with van der Waals surface area (Å²) in [6, 6.07) is 4.62. The first-order chi connectivity index (χ1) is 14.4. The number of rotatable bonds is 7. The lowest BCUT2D eigenvalue weighted by Crippen LogP contribution is -2.24. The number of anilines is 4. The van der Waals surface area contributed by atoms with Crippen molar-refractivity contribution in [3.05, 3.63) is 47.4 Å². The Labute approximate surface area is 175 Å². The van der Waals surface area contributed by atoms with E-state index in [1.807, 2.05) is 0 Å². The van der Waals surface area contributed by atoms with E-state index < -0.39 is 27.6 Å². The van der Waals surface area contributed by atoms with Crippen LogP contribution in [0, 0.1) is 6.92 Å². The minimum Gasteiger partial charge on any atom is -0.355 e. The van der Waals surface area contributed by atoms with Crippen LogP contribution in [0.4, 0.5) is 36.6 Å². The van der Waals surface area contributed by atoms with Crippen molar-refractivity contribution in [3.63, 3.8) is 0 Å². The second kappa shape index (κ2) is 8.37. The van der Waals surface area contributed by atoms with E-state index in [4.69, 9.17) is 4.52 Å². The van der Waals surface area contributed by atoms with Crippen LogP contribution in [0.1, 0.15) is 16.8 Å². The summed E-state index contributed by atoms with van der Waals surface area (Å²) in [4.78, 5) is 12.9. The van der Waals surface area contributed by atoms with E-state index in [1.165, 1.54) is 24.2 Å². The molecule has 0 saturated heterocycles. The lowest BCUT2D eigenvalue weighted by molar-refractivity contribution is -0.137. The lowest BCUT2D eigenvalue weighted by Gasteiger charge is -2.23. The molecular formula is C17H18F3N7O3S. The van der Waals surface area contributed by atoms with Crippen molar-refractivity contribution >= 4 is 33.5 Å². The van der Waals surface area contributed by atoms with Gasteiger partial charge in [0, 0.05) is 37.6 Å². The molecule has 0 unspecified atom stereocenters. The summed E-state index contributed by atoms with van der Waals surface area (Å²) in [5, 5.41) is 6.33. The summed E-state index contributed by atoms with van der Waals surface area (Å²) < 4.78 is 71.0. The Bertz CT molecular complexity index is 1180. The van der Waals surface area contributed by atoms with E-state index in [9.17, 15) is 21.6 Å². The molecular weight excluding hydrogens is 439 g/mol. The first-order valence-corrected chi connectivity index (χ1v) is 10.6. The zero-order chi connectivity index (χ0) is 22.8. The normalized spacial score (nSPS) is 11.9. The largest absolute Gasteiger partial charge is 0.421 e. The van der Waals surface area contributed by atoms with Gasteiger partial charge in [-0.05, 0) is 13.0 Å². The Morgan fingerprint density at radius 2 is 2.00 bits per heavy atom. The predicted molar refractivity (Wildman–Crippen MR) is 106 cm³/mol. The molecule has 0 radical (unpaired) electrons. The summed E-state index contributed by atoms with van der Waals surface area (Å²) in [6.45, 7) is 1.56. The third-order valence-corrected chi connectivity index (χ3v) is 4.44. The average Bonchev–Trinajstić information content (AvgIpc) is 3.06. The quantitative estimate of drug-likeness (QED) is 0.551. The Morgan fingerprint density at radius 1 is 1.26 bits per heavy atom. The highest BCUT2D eigenvalue weighted by molar-refractivity contribution is 7.92. The van der Waals surface area contributed by atoms with Gasteiger partial charge in [-0.2, -0.15) is 18.2 Å². The maximum atomic E-state index is 13.6. The SMILES string of the molecule is Cc1cc(Nc2ncc(C(F)(F)F)c(N(C)Cc3cccnc3NS(C)(=O)=O)n2)on1. The number of hydrogen-bond donors (Lipinski definition) is 2. The van der Waals surface area contributed by atoms with Gasteiger partial charge in [0.05, 0.1) is 11.9 Å². The Morgan fingerprint density at radius 3 is 2.61 bits per heavy atom. The smallest absolute Gasteiger partial charge is 0.355 e. The molecule has 0 aliphatic rings. The van der Waals surface area contributed by atoms with E-state index in [0.29, 0.717) is 17.5 Å². The molecule has 0 amide bonds. The fourth-order valence-electron chi connectivity index (χ4n) is 2.62. The molecule has 31 heavy (non-hydrogen) atoms. The van der Waals surface area contributed by atoms with Crippen molar-refractivity contribution in [1.29, 1.82) is 0 Å². The molecule has 3 aromatic rings. The highest BCUT2D eigenvalue weighted by atomic mass is 32.2. The third-order valence-electron chi connectivity index (χ3n) is 3.88. The van der Waals surface area contributed by atoms with Gasteiger partial charge >= 0.3 is 6.18 Å². The second-order valence-electron chi connectivity index (χ2n) is 6.63. The number of pyridine rings is 1. The molecule has 10 nitrogen and oxygen atoms in total. The van der Waals surface area contributed by atoms with Gasteiger partial charge in [-0.1, -0.05) is 11.2 Å². The van der Waals surface area contributed by atoms with Crippen LogP contribution in [0.25, 0.3) is 0 Å². The van der Waals surface area contributed by atoms with E-state index in [0.717, 1.165) is 6.26 Å². The first-order valence-electron chi connectivity index (χ1n) is 8.70. The van der Waals surface area contributed by atoms with Gasteiger partial charge < -0.3 is 9.42 Å². The zero-order valence-corrected chi connectivity index (χ0v) is 17.4. The van der Waals surface area contributed by atoms with Crippen LogP contribution in [-0.4, -0.2) is 41.8 Å². The molecule has 0 aliphatic heterocycles. The van der Waals surface area contributed by atoms with Crippen molar-refractivity contribution in [2.45, 2.75) is 19.6 Å². The molecule has 0 atom stereocenters. The van der Waals surface area contributed by atoms with Crippen molar-refractivity contribution in [3.8, 4) is 0 Å². The van der Waals surface area contributed by atoms with Gasteiger partial charge in [0.1, 0.15) is 17.2 Å². The fourth-order valence-corrected chi connectivity index (χ4v) is 3.16. The summed E-state index contributed by atoms with van der Waals surface area (Å²) in [6.07, 6.45) is -1.74. The number of nitrogens with zero attached hydrogens (tertiary/aromatic N) is 5. The number of hydrogen-bond acceptors (Lipinski definition) is 9. The van der Waals surface area contributed by atoms with Crippen LogP contribution in [0.5, 0.6) is 0 Å². The minimum atomic E-state index is -4.71. The van der Waals surface area contributed by atoms with Crippen LogP contribution in [0.3, 0.4) is 0 Å². The van der Waals surface area contributed by atoms with Crippen LogP contribution in [-0.2, 0) is 22.7 Å². The minimum absolute atomic E-state index is 0.00921. The molecule has 0 aliphatic carbocycles. The molecule has 3 rings (SSSR count). The van der Waals surface area contributed by atoms with Gasteiger partial charge in [0.25, 0.3) is 0 Å². The van der Waals surface area contributed by atoms with Crippen LogP contribution in [0.2, 0.25) is 0 Å². The van der Waals surface area contributed by atoms with E-state index >= 15 is 0 Å². The lowest BCUT2D eigenvalue weighted by atomic mass is 10.2. The second-order valence-corrected chi connectivity index (χ2v) is 8.38. The number of nitrogens with one attached hydrogen (secondary N) is 2. The van der Waals surface area contributed by atoms with Crippen LogP contribution < -0.4 is 14.9 Å². The van der Waals surface area contributed by atoms with Crippen molar-refractivity contribution in [2.75, 3.05) is 28.2 Å². The Hall–Kier alpha value is -3.42. The Balaban J connectivity index is 1.95. The molecule has 3 aromatic heterocycles. The molecule has 2 N–H and O–H groups in total. The molecule has 166 valence electrons. The highest BCUT2D eigenvalue weighted by Crippen LogP contribution is 2.36. The van der Waals surface area contributed by atoms with Gasteiger partial charge in [0.2, 0.25) is 21.9 Å². The van der Waals surface area contributed by atoms with Gasteiger partial charge in [-0.25, -0.2) is 18.4 Å². The number of sulfonamides is 1. The maximum absolute atomic E-state index is 13.6. The van der Waals surface area contributed by atoms with Crippen molar-refractivity contribution in [1.82, 2.24) is 20.1 Å². The standard InChI is InChI=1S/C17H18F3N7O3S/c1-10-7-13(30-25-10)23-16-22-8-12(17(18,19)20)15(24-16)27(2)9-11-5-4-6-21-14(11)26-31(3,28)29/h4-8H,9H2,1-3H3,(H,21,26)(H,22,23,24). The van der Waals surface area contributed by atoms with Crippen LogP contribution in [0.15, 0.2) is 35.1 Å². The van der Waals surface area contributed by atoms with E-state index in [2.05, 4.69) is 30.1 Å². The summed E-state index contributed by atoms with van der Waals surface area (Å²) >= 11 is 0. The molecule has 0 saturated carbocycles. The van der Waals surface area contributed by atoms with Crippen molar-refractivity contribution < 1.29 is 26.1 Å². The summed E-state index contributed by atoms with van der Waals surface area (Å²) in [5.41, 5.74) is -0.146. The number of aryl methyl sites for hydroxylation is 1. The monoisotopic (exact) mass is 457 g/mol. The molecule has 0 aromatic carbocycles. The highest BCUT2D eigenvalue weighted by Gasteiger charge is 2.36. The van der Waals surface area contributed by atoms with E-state index in [1.54, 1.807) is 19.1 Å². The number of halogens is 3. The number of aromatic nitrogens is 4. The van der Waals surface area contributed by atoms with Crippen LogP contribution >= 0.6 is 0 Å².